The summed E-state index contributed by atoms with van der Waals surface area (Å²) in [5.41, 5.74) is 6.04. The monoisotopic (exact) mass is 209 g/mol. The van der Waals surface area contributed by atoms with Crippen molar-refractivity contribution in [1.29, 1.82) is 0 Å². The summed E-state index contributed by atoms with van der Waals surface area (Å²) in [5, 5.41) is 0. The van der Waals surface area contributed by atoms with Crippen LogP contribution in [0.2, 0.25) is 0 Å². The van der Waals surface area contributed by atoms with Crippen molar-refractivity contribution in [3.05, 3.63) is 23.8 Å². The second-order valence-electron chi connectivity index (χ2n) is 3.24. The highest BCUT2D eigenvalue weighted by molar-refractivity contribution is 5.81. The molecular formula is C11H15NO3. The van der Waals surface area contributed by atoms with Crippen LogP contribution in [-0.2, 0) is 4.79 Å². The van der Waals surface area contributed by atoms with Crippen LogP contribution < -0.4 is 15.2 Å². The van der Waals surface area contributed by atoms with E-state index >= 15 is 0 Å². The molecule has 2 N–H and O–H groups in total. The molecule has 0 saturated carbocycles. The topological polar surface area (TPSA) is 61.5 Å². The fourth-order valence-corrected chi connectivity index (χ4v) is 1.29. The molecule has 0 aliphatic heterocycles. The van der Waals surface area contributed by atoms with E-state index in [9.17, 15) is 4.79 Å². The first-order chi connectivity index (χ1) is 7.10. The zero-order valence-corrected chi connectivity index (χ0v) is 9.11. The van der Waals surface area contributed by atoms with Crippen LogP contribution >= 0.6 is 0 Å². The average Bonchev–Trinajstić information content (AvgIpc) is 2.26. The Balaban J connectivity index is 3.07. The maximum atomic E-state index is 11.0. The van der Waals surface area contributed by atoms with Gasteiger partial charge in [0.15, 0.2) is 11.5 Å². The lowest BCUT2D eigenvalue weighted by atomic mass is 10.0. The first-order valence-corrected chi connectivity index (χ1v) is 4.61. The second-order valence-corrected chi connectivity index (χ2v) is 3.24. The highest BCUT2D eigenvalue weighted by Crippen LogP contribution is 2.30. The van der Waals surface area contributed by atoms with E-state index in [4.69, 9.17) is 15.2 Å². The Kier molecular flexibility index (Phi) is 3.55. The Morgan fingerprint density at radius 1 is 1.27 bits per heavy atom. The van der Waals surface area contributed by atoms with Crippen molar-refractivity contribution in [3.8, 4) is 11.5 Å². The maximum Gasteiger partial charge on any atom is 0.224 e. The molecule has 0 fully saturated rings. The Morgan fingerprint density at radius 3 is 2.33 bits per heavy atom. The first-order valence-electron chi connectivity index (χ1n) is 4.61. The normalized spacial score (nSPS) is 11.9. The van der Waals surface area contributed by atoms with Crippen LogP contribution in [0.15, 0.2) is 18.2 Å². The van der Waals surface area contributed by atoms with Gasteiger partial charge in [0.2, 0.25) is 5.91 Å². The summed E-state index contributed by atoms with van der Waals surface area (Å²) in [7, 11) is 3.12. The molecule has 1 rings (SSSR count). The van der Waals surface area contributed by atoms with Gasteiger partial charge in [-0.05, 0) is 24.6 Å². The van der Waals surface area contributed by atoms with Crippen LogP contribution in [0.1, 0.15) is 18.4 Å². The number of benzene rings is 1. The van der Waals surface area contributed by atoms with Gasteiger partial charge in [-0.3, -0.25) is 4.79 Å². The Morgan fingerprint density at radius 2 is 1.87 bits per heavy atom. The van der Waals surface area contributed by atoms with E-state index in [0.717, 1.165) is 5.56 Å². The molecule has 0 aliphatic carbocycles. The number of hydrogen-bond donors (Lipinski definition) is 1. The molecule has 1 atom stereocenters. The Bertz CT molecular complexity index is 363. The molecular weight excluding hydrogens is 194 g/mol. The van der Waals surface area contributed by atoms with Gasteiger partial charge in [-0.25, -0.2) is 0 Å². The number of amides is 1. The fourth-order valence-electron chi connectivity index (χ4n) is 1.29. The van der Waals surface area contributed by atoms with E-state index < -0.39 is 0 Å². The third-order valence-corrected chi connectivity index (χ3v) is 2.33. The number of carbonyl (C=O) groups excluding carboxylic acids is 1. The molecule has 0 aromatic heterocycles. The minimum absolute atomic E-state index is 0.329. The van der Waals surface area contributed by atoms with Gasteiger partial charge in [0.05, 0.1) is 20.1 Å². The van der Waals surface area contributed by atoms with Crippen molar-refractivity contribution in [2.75, 3.05) is 14.2 Å². The SMILES string of the molecule is COc1ccc(C(C)C(N)=O)cc1OC. The highest BCUT2D eigenvalue weighted by atomic mass is 16.5. The molecule has 4 nitrogen and oxygen atoms in total. The van der Waals surface area contributed by atoms with Gasteiger partial charge in [0.1, 0.15) is 0 Å². The third kappa shape index (κ3) is 2.40. The third-order valence-electron chi connectivity index (χ3n) is 2.33. The number of ether oxygens (including phenoxy) is 2. The second kappa shape index (κ2) is 4.68. The Labute approximate surface area is 89.0 Å². The van der Waals surface area contributed by atoms with Gasteiger partial charge in [0.25, 0.3) is 0 Å². The van der Waals surface area contributed by atoms with Gasteiger partial charge in [0, 0.05) is 0 Å². The van der Waals surface area contributed by atoms with E-state index in [1.807, 2.05) is 0 Å². The number of primary amides is 1. The van der Waals surface area contributed by atoms with Gasteiger partial charge in [-0.2, -0.15) is 0 Å². The zero-order chi connectivity index (χ0) is 11.4. The van der Waals surface area contributed by atoms with Gasteiger partial charge in [-0.15, -0.1) is 0 Å². The average molecular weight is 209 g/mol. The molecule has 1 aromatic rings. The van der Waals surface area contributed by atoms with Crippen molar-refractivity contribution in [3.63, 3.8) is 0 Å². The van der Waals surface area contributed by atoms with E-state index in [1.54, 1.807) is 39.3 Å². The number of nitrogens with two attached hydrogens (primary N) is 1. The van der Waals surface area contributed by atoms with Gasteiger partial charge < -0.3 is 15.2 Å². The smallest absolute Gasteiger partial charge is 0.224 e. The fraction of sp³-hybridized carbons (Fsp3) is 0.364. The Hall–Kier alpha value is -1.71. The lowest BCUT2D eigenvalue weighted by Crippen LogP contribution is -2.18. The van der Waals surface area contributed by atoms with Gasteiger partial charge >= 0.3 is 0 Å². The summed E-state index contributed by atoms with van der Waals surface area (Å²) in [4.78, 5) is 11.0. The zero-order valence-electron chi connectivity index (χ0n) is 9.11. The molecule has 1 aromatic carbocycles. The first kappa shape index (κ1) is 11.4. The lowest BCUT2D eigenvalue weighted by molar-refractivity contribution is -0.119. The van der Waals surface area contributed by atoms with Crippen molar-refractivity contribution >= 4 is 5.91 Å². The largest absolute Gasteiger partial charge is 0.493 e. The molecule has 1 amide bonds. The predicted octanol–water partition coefficient (Wildman–Crippen LogP) is 1.29. The van der Waals surface area contributed by atoms with Crippen LogP contribution in [0.5, 0.6) is 11.5 Å². The highest BCUT2D eigenvalue weighted by Gasteiger charge is 2.14. The van der Waals surface area contributed by atoms with Crippen molar-refractivity contribution in [2.24, 2.45) is 5.73 Å². The minimum atomic E-state index is -0.359. The molecule has 15 heavy (non-hydrogen) atoms. The maximum absolute atomic E-state index is 11.0. The number of carbonyl (C=O) groups is 1. The molecule has 82 valence electrons. The summed E-state index contributed by atoms with van der Waals surface area (Å²) < 4.78 is 10.2. The molecule has 4 heteroatoms. The summed E-state index contributed by atoms with van der Waals surface area (Å²) >= 11 is 0. The molecule has 0 bridgehead atoms. The van der Waals surface area contributed by atoms with E-state index in [2.05, 4.69) is 0 Å². The van der Waals surface area contributed by atoms with Crippen LogP contribution in [-0.4, -0.2) is 20.1 Å². The molecule has 0 spiro atoms. The van der Waals surface area contributed by atoms with Crippen LogP contribution in [0.3, 0.4) is 0 Å². The predicted molar refractivity (Wildman–Crippen MR) is 57.2 cm³/mol. The quantitative estimate of drug-likeness (QED) is 0.812. The van der Waals surface area contributed by atoms with Crippen molar-refractivity contribution in [1.82, 2.24) is 0 Å². The van der Waals surface area contributed by atoms with E-state index in [1.165, 1.54) is 0 Å². The summed E-state index contributed by atoms with van der Waals surface area (Å²) in [5.74, 6) is 0.549. The molecule has 1 unspecified atom stereocenters. The molecule has 0 heterocycles. The summed E-state index contributed by atoms with van der Waals surface area (Å²) in [6.07, 6.45) is 0. The molecule has 0 saturated heterocycles. The molecule has 0 radical (unpaired) electrons. The van der Waals surface area contributed by atoms with E-state index in [0.29, 0.717) is 11.5 Å². The molecule has 0 aliphatic rings. The van der Waals surface area contributed by atoms with Crippen LogP contribution in [0.4, 0.5) is 0 Å². The lowest BCUT2D eigenvalue weighted by Gasteiger charge is -2.12. The number of rotatable bonds is 4. The van der Waals surface area contributed by atoms with E-state index in [-0.39, 0.29) is 11.8 Å². The minimum Gasteiger partial charge on any atom is -0.493 e. The van der Waals surface area contributed by atoms with Crippen molar-refractivity contribution in [2.45, 2.75) is 12.8 Å². The number of methoxy groups -OCH3 is 2. The van der Waals surface area contributed by atoms with Gasteiger partial charge in [-0.1, -0.05) is 6.07 Å². The summed E-state index contributed by atoms with van der Waals surface area (Å²) in [6.45, 7) is 1.75. The van der Waals surface area contributed by atoms with Crippen LogP contribution in [0.25, 0.3) is 0 Å². The van der Waals surface area contributed by atoms with Crippen molar-refractivity contribution < 1.29 is 14.3 Å². The van der Waals surface area contributed by atoms with Crippen LogP contribution in [0, 0.1) is 0 Å². The standard InChI is InChI=1S/C11H15NO3/c1-7(11(12)13)8-4-5-9(14-2)10(6-8)15-3/h4-7H,1-3H3,(H2,12,13). The summed E-state index contributed by atoms with van der Waals surface area (Å²) in [6, 6.07) is 5.32. The number of hydrogen-bond acceptors (Lipinski definition) is 3.